The van der Waals surface area contributed by atoms with E-state index in [1.165, 1.54) is 5.56 Å². The summed E-state index contributed by atoms with van der Waals surface area (Å²) in [5.74, 6) is 1.63. The largest absolute Gasteiger partial charge is 0.383 e. The number of hydrogen-bond donors (Lipinski definition) is 0. The molecule has 0 bridgehead atoms. The number of aromatic nitrogens is 4. The lowest BCUT2D eigenvalue weighted by Crippen LogP contribution is -2.07. The van der Waals surface area contributed by atoms with Gasteiger partial charge in [-0.3, -0.25) is 9.55 Å². The summed E-state index contributed by atoms with van der Waals surface area (Å²) < 4.78 is 7.31. The highest BCUT2D eigenvalue weighted by molar-refractivity contribution is 7.98. The molecule has 24 heavy (non-hydrogen) atoms. The van der Waals surface area contributed by atoms with Crippen LogP contribution in [0.15, 0.2) is 53.9 Å². The number of thioether (sulfide) groups is 1. The van der Waals surface area contributed by atoms with Crippen LogP contribution in [-0.2, 0) is 17.0 Å². The molecule has 0 aliphatic rings. The molecule has 7 heteroatoms. The van der Waals surface area contributed by atoms with Crippen LogP contribution in [0.2, 0.25) is 5.02 Å². The average molecular weight is 361 g/mol. The van der Waals surface area contributed by atoms with Crippen LogP contribution in [0.1, 0.15) is 5.56 Å². The van der Waals surface area contributed by atoms with Gasteiger partial charge in [0.2, 0.25) is 0 Å². The van der Waals surface area contributed by atoms with E-state index < -0.39 is 0 Å². The predicted octanol–water partition coefficient (Wildman–Crippen LogP) is 3.93. The molecule has 0 N–H and O–H groups in total. The highest BCUT2D eigenvalue weighted by atomic mass is 35.5. The highest BCUT2D eigenvalue weighted by Crippen LogP contribution is 2.26. The number of halogens is 1. The van der Waals surface area contributed by atoms with Crippen molar-refractivity contribution in [3.8, 4) is 11.4 Å². The standard InChI is InChI=1S/C17H17ClN4OS/c1-23-11-10-22-16(14-6-8-19-9-7-14)20-21-17(22)24-12-13-2-4-15(18)5-3-13/h2-9H,10-12H2,1H3. The van der Waals surface area contributed by atoms with Crippen LogP contribution in [0, 0.1) is 0 Å². The van der Waals surface area contributed by atoms with Crippen molar-refractivity contribution in [2.45, 2.75) is 17.5 Å². The first-order valence-electron chi connectivity index (χ1n) is 7.47. The summed E-state index contributed by atoms with van der Waals surface area (Å²) in [6, 6.07) is 11.7. The Labute approximate surface area is 150 Å². The summed E-state index contributed by atoms with van der Waals surface area (Å²) >= 11 is 7.58. The molecule has 0 atom stereocenters. The van der Waals surface area contributed by atoms with E-state index in [1.54, 1.807) is 31.3 Å². The fraction of sp³-hybridized carbons (Fsp3) is 0.235. The molecule has 3 rings (SSSR count). The van der Waals surface area contributed by atoms with Gasteiger partial charge >= 0.3 is 0 Å². The van der Waals surface area contributed by atoms with Crippen molar-refractivity contribution in [2.24, 2.45) is 0 Å². The zero-order valence-electron chi connectivity index (χ0n) is 13.2. The molecule has 0 saturated heterocycles. The van der Waals surface area contributed by atoms with Crippen molar-refractivity contribution in [1.82, 2.24) is 19.7 Å². The van der Waals surface area contributed by atoms with Crippen LogP contribution in [0.4, 0.5) is 0 Å². The molecule has 0 radical (unpaired) electrons. The van der Waals surface area contributed by atoms with Crippen molar-refractivity contribution >= 4 is 23.4 Å². The van der Waals surface area contributed by atoms with Crippen molar-refractivity contribution in [3.63, 3.8) is 0 Å². The SMILES string of the molecule is COCCn1c(SCc2ccc(Cl)cc2)nnc1-c1ccncc1. The summed E-state index contributed by atoms with van der Waals surface area (Å²) in [5, 5.41) is 10.3. The molecular formula is C17H17ClN4OS. The lowest BCUT2D eigenvalue weighted by molar-refractivity contribution is 0.185. The van der Waals surface area contributed by atoms with Gasteiger partial charge in [-0.1, -0.05) is 35.5 Å². The van der Waals surface area contributed by atoms with Crippen LogP contribution in [0.3, 0.4) is 0 Å². The van der Waals surface area contributed by atoms with Gasteiger partial charge in [0.25, 0.3) is 0 Å². The molecule has 124 valence electrons. The van der Waals surface area contributed by atoms with Gasteiger partial charge in [0.05, 0.1) is 13.2 Å². The molecule has 0 saturated carbocycles. The van der Waals surface area contributed by atoms with Crippen LogP contribution in [0.5, 0.6) is 0 Å². The number of rotatable bonds is 7. The number of methoxy groups -OCH3 is 1. The minimum absolute atomic E-state index is 0.602. The van der Waals surface area contributed by atoms with Gasteiger partial charge in [-0.25, -0.2) is 0 Å². The monoisotopic (exact) mass is 360 g/mol. The van der Waals surface area contributed by atoms with Crippen molar-refractivity contribution in [1.29, 1.82) is 0 Å². The summed E-state index contributed by atoms with van der Waals surface area (Å²) in [7, 11) is 1.69. The highest BCUT2D eigenvalue weighted by Gasteiger charge is 2.14. The quantitative estimate of drug-likeness (QED) is 0.597. The zero-order valence-corrected chi connectivity index (χ0v) is 14.8. The molecule has 0 aliphatic carbocycles. The lowest BCUT2D eigenvalue weighted by atomic mass is 10.2. The van der Waals surface area contributed by atoms with Gasteiger partial charge in [0, 0.05) is 35.8 Å². The molecule has 5 nitrogen and oxygen atoms in total. The topological polar surface area (TPSA) is 52.8 Å². The second-order valence-electron chi connectivity index (χ2n) is 5.10. The fourth-order valence-electron chi connectivity index (χ4n) is 2.22. The Kier molecular flexibility index (Phi) is 5.85. The third-order valence-corrected chi connectivity index (χ3v) is 4.75. The first-order chi connectivity index (χ1) is 11.8. The van der Waals surface area contributed by atoms with E-state index in [0.29, 0.717) is 13.2 Å². The molecule has 2 aromatic heterocycles. The first kappa shape index (κ1) is 17.0. The molecular weight excluding hydrogens is 344 g/mol. The summed E-state index contributed by atoms with van der Waals surface area (Å²) in [5.41, 5.74) is 2.18. The first-order valence-corrected chi connectivity index (χ1v) is 8.84. The van der Waals surface area contributed by atoms with Crippen LogP contribution >= 0.6 is 23.4 Å². The van der Waals surface area contributed by atoms with Crippen LogP contribution in [0.25, 0.3) is 11.4 Å². The van der Waals surface area contributed by atoms with E-state index in [2.05, 4.69) is 19.7 Å². The number of pyridine rings is 1. The van der Waals surface area contributed by atoms with Gasteiger partial charge in [0.1, 0.15) is 0 Å². The molecule has 3 aromatic rings. The molecule has 0 amide bonds. The van der Waals surface area contributed by atoms with Gasteiger partial charge < -0.3 is 4.74 Å². The van der Waals surface area contributed by atoms with Crippen LogP contribution in [-0.4, -0.2) is 33.5 Å². The van der Waals surface area contributed by atoms with Gasteiger partial charge in [-0.15, -0.1) is 10.2 Å². The molecule has 0 fully saturated rings. The summed E-state index contributed by atoms with van der Waals surface area (Å²) in [6.07, 6.45) is 3.51. The normalized spacial score (nSPS) is 10.9. The predicted molar refractivity (Wildman–Crippen MR) is 96.1 cm³/mol. The second kappa shape index (κ2) is 8.28. The smallest absolute Gasteiger partial charge is 0.191 e. The maximum Gasteiger partial charge on any atom is 0.191 e. The Balaban J connectivity index is 1.81. The van der Waals surface area contributed by atoms with Crippen molar-refractivity contribution in [3.05, 3.63) is 59.4 Å². The molecule has 0 unspecified atom stereocenters. The van der Waals surface area contributed by atoms with E-state index in [4.69, 9.17) is 16.3 Å². The van der Waals surface area contributed by atoms with E-state index in [-0.39, 0.29) is 0 Å². The Hall–Kier alpha value is -1.89. The van der Waals surface area contributed by atoms with Crippen molar-refractivity contribution in [2.75, 3.05) is 13.7 Å². The summed E-state index contributed by atoms with van der Waals surface area (Å²) in [6.45, 7) is 1.30. The van der Waals surface area contributed by atoms with Gasteiger partial charge in [-0.05, 0) is 29.8 Å². The summed E-state index contributed by atoms with van der Waals surface area (Å²) in [4.78, 5) is 4.05. The Morgan fingerprint density at radius 2 is 1.83 bits per heavy atom. The van der Waals surface area contributed by atoms with E-state index in [0.717, 1.165) is 27.3 Å². The van der Waals surface area contributed by atoms with Crippen molar-refractivity contribution < 1.29 is 4.74 Å². The number of nitrogens with zero attached hydrogens (tertiary/aromatic N) is 4. The molecule has 0 spiro atoms. The number of hydrogen-bond acceptors (Lipinski definition) is 5. The lowest BCUT2D eigenvalue weighted by Gasteiger charge is -2.09. The fourth-order valence-corrected chi connectivity index (χ4v) is 3.27. The second-order valence-corrected chi connectivity index (χ2v) is 6.48. The maximum atomic E-state index is 5.93. The third-order valence-electron chi connectivity index (χ3n) is 3.46. The maximum absolute atomic E-state index is 5.93. The molecule has 1 aromatic carbocycles. The van der Waals surface area contributed by atoms with Crippen LogP contribution < -0.4 is 0 Å². The number of benzene rings is 1. The van der Waals surface area contributed by atoms with Gasteiger partial charge in [0.15, 0.2) is 11.0 Å². The number of ether oxygens (including phenoxy) is 1. The zero-order chi connectivity index (χ0) is 16.8. The third kappa shape index (κ3) is 4.14. The minimum Gasteiger partial charge on any atom is -0.383 e. The van der Waals surface area contributed by atoms with E-state index >= 15 is 0 Å². The van der Waals surface area contributed by atoms with Gasteiger partial charge in [-0.2, -0.15) is 0 Å². The van der Waals surface area contributed by atoms with E-state index in [9.17, 15) is 0 Å². The molecule has 2 heterocycles. The Morgan fingerprint density at radius 3 is 2.54 bits per heavy atom. The Morgan fingerprint density at radius 1 is 1.08 bits per heavy atom. The minimum atomic E-state index is 0.602. The molecule has 0 aliphatic heterocycles. The Bertz CT molecular complexity index is 777. The average Bonchev–Trinajstić information content (AvgIpc) is 3.03. The van der Waals surface area contributed by atoms with E-state index in [1.807, 2.05) is 36.4 Å².